The molecule has 2 aliphatic rings. The maximum absolute atomic E-state index is 5.89. The molecule has 0 aromatic carbocycles. The Kier molecular flexibility index (Phi) is 3.10. The summed E-state index contributed by atoms with van der Waals surface area (Å²) < 4.78 is 0. The van der Waals surface area contributed by atoms with E-state index in [1.807, 2.05) is 0 Å². The summed E-state index contributed by atoms with van der Waals surface area (Å²) in [5.74, 6) is 0.720. The first-order chi connectivity index (χ1) is 7.55. The number of rotatable bonds is 1. The van der Waals surface area contributed by atoms with Crippen molar-refractivity contribution in [2.75, 3.05) is 26.7 Å². The van der Waals surface area contributed by atoms with Crippen molar-refractivity contribution in [1.29, 1.82) is 0 Å². The first-order valence-electron chi connectivity index (χ1n) is 6.33. The van der Waals surface area contributed by atoms with Crippen molar-refractivity contribution in [2.45, 2.75) is 44.7 Å². The monoisotopic (exact) mass is 224 g/mol. The Labute approximate surface area is 98.5 Å². The van der Waals surface area contributed by atoms with Crippen molar-refractivity contribution >= 4 is 5.96 Å². The molecule has 2 rings (SSSR count). The molecule has 16 heavy (non-hydrogen) atoms. The highest BCUT2D eigenvalue weighted by molar-refractivity contribution is 5.80. The lowest BCUT2D eigenvalue weighted by atomic mass is 9.90. The van der Waals surface area contributed by atoms with Crippen LogP contribution in [0.4, 0.5) is 0 Å². The molecular formula is C12H24N4. The third-order valence-electron chi connectivity index (χ3n) is 4.27. The maximum atomic E-state index is 5.89. The molecule has 4 nitrogen and oxygen atoms in total. The van der Waals surface area contributed by atoms with Crippen molar-refractivity contribution in [3.05, 3.63) is 0 Å². The van der Waals surface area contributed by atoms with E-state index in [0.29, 0.717) is 6.04 Å². The maximum Gasteiger partial charge on any atom is 0.191 e. The molecule has 2 heterocycles. The molecule has 0 radical (unpaired) electrons. The van der Waals surface area contributed by atoms with Crippen LogP contribution < -0.4 is 5.73 Å². The van der Waals surface area contributed by atoms with Crippen LogP contribution in [-0.4, -0.2) is 54.0 Å². The number of hydrogen-bond acceptors (Lipinski definition) is 4. The van der Waals surface area contributed by atoms with Gasteiger partial charge in [-0.15, -0.1) is 0 Å². The Balaban J connectivity index is 2.04. The average Bonchev–Trinajstić information content (AvgIpc) is 2.45. The van der Waals surface area contributed by atoms with Gasteiger partial charge in [0.15, 0.2) is 5.96 Å². The predicted octanol–water partition coefficient (Wildman–Crippen LogP) is 0.880. The zero-order chi connectivity index (χ0) is 11.8. The number of aliphatic imine (C=N–C) groups is 1. The van der Waals surface area contributed by atoms with Gasteiger partial charge in [-0.05, 0) is 39.7 Å². The first-order valence-corrected chi connectivity index (χ1v) is 6.33. The van der Waals surface area contributed by atoms with Gasteiger partial charge in [-0.3, -0.25) is 4.99 Å². The lowest BCUT2D eigenvalue weighted by Crippen LogP contribution is -2.49. The summed E-state index contributed by atoms with van der Waals surface area (Å²) in [6, 6.07) is 0.653. The SMILES string of the molecule is CC(C)N1CCCC2(CC1)CN=C(N)N2C. The molecule has 0 bridgehead atoms. The Morgan fingerprint density at radius 3 is 2.62 bits per heavy atom. The zero-order valence-electron chi connectivity index (χ0n) is 10.7. The van der Waals surface area contributed by atoms with Crippen molar-refractivity contribution in [3.63, 3.8) is 0 Å². The summed E-state index contributed by atoms with van der Waals surface area (Å²) in [6.07, 6.45) is 3.66. The smallest absolute Gasteiger partial charge is 0.191 e. The minimum absolute atomic E-state index is 0.216. The van der Waals surface area contributed by atoms with Crippen molar-refractivity contribution in [2.24, 2.45) is 10.7 Å². The summed E-state index contributed by atoms with van der Waals surface area (Å²) in [6.45, 7) is 7.83. The fourth-order valence-electron chi connectivity index (χ4n) is 2.89. The Morgan fingerprint density at radius 1 is 1.31 bits per heavy atom. The minimum Gasteiger partial charge on any atom is -0.370 e. The van der Waals surface area contributed by atoms with Crippen molar-refractivity contribution in [3.8, 4) is 0 Å². The third kappa shape index (κ3) is 1.90. The highest BCUT2D eigenvalue weighted by atomic mass is 15.3. The van der Waals surface area contributed by atoms with Gasteiger partial charge in [0.05, 0.1) is 12.1 Å². The summed E-state index contributed by atoms with van der Waals surface area (Å²) in [5.41, 5.74) is 6.11. The highest BCUT2D eigenvalue weighted by Crippen LogP contribution is 2.32. The van der Waals surface area contributed by atoms with Crippen LogP contribution in [0.15, 0.2) is 4.99 Å². The molecule has 1 atom stereocenters. The summed E-state index contributed by atoms with van der Waals surface area (Å²) in [7, 11) is 2.09. The van der Waals surface area contributed by atoms with Gasteiger partial charge in [0.1, 0.15) is 0 Å². The van der Waals surface area contributed by atoms with Gasteiger partial charge in [0.2, 0.25) is 0 Å². The first kappa shape index (κ1) is 11.7. The van der Waals surface area contributed by atoms with Gasteiger partial charge in [-0.25, -0.2) is 0 Å². The van der Waals surface area contributed by atoms with E-state index in [4.69, 9.17) is 5.73 Å². The molecule has 1 saturated heterocycles. The van der Waals surface area contributed by atoms with E-state index < -0.39 is 0 Å². The van der Waals surface area contributed by atoms with Gasteiger partial charge in [-0.1, -0.05) is 0 Å². The van der Waals surface area contributed by atoms with Crippen LogP contribution >= 0.6 is 0 Å². The predicted molar refractivity (Wildman–Crippen MR) is 67.5 cm³/mol. The molecule has 92 valence electrons. The van der Waals surface area contributed by atoms with Crippen LogP contribution in [-0.2, 0) is 0 Å². The Hall–Kier alpha value is -0.770. The van der Waals surface area contributed by atoms with E-state index in [1.165, 1.54) is 32.4 Å². The molecule has 4 heteroatoms. The van der Waals surface area contributed by atoms with Crippen LogP contribution in [0.25, 0.3) is 0 Å². The second kappa shape index (κ2) is 4.24. The minimum atomic E-state index is 0.216. The van der Waals surface area contributed by atoms with Crippen molar-refractivity contribution in [1.82, 2.24) is 9.80 Å². The summed E-state index contributed by atoms with van der Waals surface area (Å²) in [5, 5.41) is 0. The second-order valence-electron chi connectivity index (χ2n) is 5.44. The number of guanidine groups is 1. The van der Waals surface area contributed by atoms with E-state index in [0.717, 1.165) is 12.5 Å². The van der Waals surface area contributed by atoms with Crippen LogP contribution in [0.3, 0.4) is 0 Å². The highest BCUT2D eigenvalue weighted by Gasteiger charge is 2.41. The zero-order valence-corrected chi connectivity index (χ0v) is 10.7. The average molecular weight is 224 g/mol. The van der Waals surface area contributed by atoms with E-state index in [-0.39, 0.29) is 5.54 Å². The normalized spacial score (nSPS) is 32.2. The lowest BCUT2D eigenvalue weighted by Gasteiger charge is -2.36. The van der Waals surface area contributed by atoms with Crippen LogP contribution in [0, 0.1) is 0 Å². The number of hydrogen-bond donors (Lipinski definition) is 1. The van der Waals surface area contributed by atoms with Gasteiger partial charge in [-0.2, -0.15) is 0 Å². The van der Waals surface area contributed by atoms with Gasteiger partial charge in [0, 0.05) is 19.6 Å². The van der Waals surface area contributed by atoms with E-state index in [1.54, 1.807) is 0 Å². The second-order valence-corrected chi connectivity index (χ2v) is 5.44. The van der Waals surface area contributed by atoms with Gasteiger partial charge >= 0.3 is 0 Å². The quantitative estimate of drug-likeness (QED) is 0.719. The molecule has 0 aromatic heterocycles. The number of likely N-dealkylation sites (tertiary alicyclic amines) is 1. The standard InChI is InChI=1S/C12H24N4/c1-10(2)16-7-4-5-12(6-8-16)9-14-11(13)15(12)3/h10H,4-9H2,1-3H3,(H2,13,14). The third-order valence-corrected chi connectivity index (χ3v) is 4.27. The van der Waals surface area contributed by atoms with Crippen molar-refractivity contribution < 1.29 is 0 Å². The van der Waals surface area contributed by atoms with E-state index >= 15 is 0 Å². The Morgan fingerprint density at radius 2 is 2.06 bits per heavy atom. The molecule has 2 N–H and O–H groups in total. The molecule has 2 aliphatic heterocycles. The fourth-order valence-corrected chi connectivity index (χ4v) is 2.89. The fraction of sp³-hybridized carbons (Fsp3) is 0.917. The topological polar surface area (TPSA) is 44.9 Å². The number of nitrogens with zero attached hydrogens (tertiary/aromatic N) is 3. The molecule has 1 unspecified atom stereocenters. The summed E-state index contributed by atoms with van der Waals surface area (Å²) >= 11 is 0. The van der Waals surface area contributed by atoms with E-state index in [9.17, 15) is 0 Å². The summed E-state index contributed by atoms with van der Waals surface area (Å²) in [4.78, 5) is 9.18. The van der Waals surface area contributed by atoms with Crippen LogP contribution in [0.1, 0.15) is 33.1 Å². The molecular weight excluding hydrogens is 200 g/mol. The number of likely N-dealkylation sites (N-methyl/N-ethyl adjacent to an activating group) is 1. The molecule has 1 spiro atoms. The molecule has 0 saturated carbocycles. The lowest BCUT2D eigenvalue weighted by molar-refractivity contribution is 0.187. The molecule has 0 aliphatic carbocycles. The van der Waals surface area contributed by atoms with Gasteiger partial charge < -0.3 is 15.5 Å². The van der Waals surface area contributed by atoms with Crippen LogP contribution in [0.2, 0.25) is 0 Å². The van der Waals surface area contributed by atoms with E-state index in [2.05, 4.69) is 35.7 Å². The molecule has 1 fully saturated rings. The molecule has 0 amide bonds. The molecule has 0 aromatic rings. The number of nitrogens with two attached hydrogens (primary N) is 1. The van der Waals surface area contributed by atoms with Gasteiger partial charge in [0.25, 0.3) is 0 Å². The largest absolute Gasteiger partial charge is 0.370 e. The Bertz CT molecular complexity index is 287. The van der Waals surface area contributed by atoms with Crippen LogP contribution in [0.5, 0.6) is 0 Å².